The van der Waals surface area contributed by atoms with Crippen molar-refractivity contribution in [1.82, 2.24) is 9.78 Å². The second-order valence-corrected chi connectivity index (χ2v) is 3.02. The van der Waals surface area contributed by atoms with Crippen LogP contribution in [0.1, 0.15) is 32.6 Å². The predicted molar refractivity (Wildman–Crippen MR) is 48.0 cm³/mol. The van der Waals surface area contributed by atoms with Gasteiger partial charge in [0, 0.05) is 6.54 Å². The molecule has 0 aromatic carbocycles. The van der Waals surface area contributed by atoms with Crippen molar-refractivity contribution in [3.8, 4) is 5.75 Å². The first-order valence-electron chi connectivity index (χ1n) is 4.54. The number of aromatic hydroxyl groups is 1. The van der Waals surface area contributed by atoms with Crippen LogP contribution in [-0.2, 0) is 6.54 Å². The van der Waals surface area contributed by atoms with E-state index in [0.29, 0.717) is 0 Å². The van der Waals surface area contributed by atoms with Crippen LogP contribution in [0.2, 0.25) is 0 Å². The lowest BCUT2D eigenvalue weighted by Crippen LogP contribution is -1.97. The minimum Gasteiger partial charge on any atom is -0.505 e. The number of aromatic nitrogens is 2. The fraction of sp³-hybridized carbons (Fsp3) is 0.667. The fourth-order valence-corrected chi connectivity index (χ4v) is 1.18. The monoisotopic (exact) mass is 168 g/mol. The number of hydrogen-bond donors (Lipinski definition) is 1. The van der Waals surface area contributed by atoms with Crippen molar-refractivity contribution in [2.75, 3.05) is 0 Å². The fourth-order valence-electron chi connectivity index (χ4n) is 1.18. The summed E-state index contributed by atoms with van der Waals surface area (Å²) in [5, 5.41) is 13.0. The summed E-state index contributed by atoms with van der Waals surface area (Å²) in [6.45, 7) is 3.11. The van der Waals surface area contributed by atoms with Crippen LogP contribution in [0.25, 0.3) is 0 Å². The maximum absolute atomic E-state index is 8.97. The molecule has 0 aliphatic heterocycles. The Balaban J connectivity index is 2.15. The Morgan fingerprint density at radius 1 is 1.42 bits per heavy atom. The molecule has 1 N–H and O–H groups in total. The van der Waals surface area contributed by atoms with E-state index >= 15 is 0 Å². The quantitative estimate of drug-likeness (QED) is 0.684. The Kier molecular flexibility index (Phi) is 3.64. The zero-order valence-electron chi connectivity index (χ0n) is 7.53. The molecule has 0 spiro atoms. The van der Waals surface area contributed by atoms with Crippen molar-refractivity contribution in [2.45, 2.75) is 39.2 Å². The molecule has 68 valence electrons. The van der Waals surface area contributed by atoms with Gasteiger partial charge in [0.25, 0.3) is 0 Å². The Labute approximate surface area is 73.0 Å². The first kappa shape index (κ1) is 9.10. The molecule has 1 aromatic heterocycles. The number of hydrogen-bond acceptors (Lipinski definition) is 2. The molecule has 3 nitrogen and oxygen atoms in total. The second-order valence-electron chi connectivity index (χ2n) is 3.02. The number of rotatable bonds is 5. The highest BCUT2D eigenvalue weighted by atomic mass is 16.3. The van der Waals surface area contributed by atoms with E-state index in [1.807, 2.05) is 0 Å². The summed E-state index contributed by atoms with van der Waals surface area (Å²) in [7, 11) is 0. The maximum Gasteiger partial charge on any atom is 0.153 e. The SMILES string of the molecule is CCCCCCn1cc(O)cn1. The van der Waals surface area contributed by atoms with Crippen molar-refractivity contribution in [1.29, 1.82) is 0 Å². The first-order valence-corrected chi connectivity index (χ1v) is 4.54. The standard InChI is InChI=1S/C9H16N2O/c1-2-3-4-5-6-11-8-9(12)7-10-11/h7-8,12H,2-6H2,1H3. The van der Waals surface area contributed by atoms with Crippen LogP contribution in [0.5, 0.6) is 5.75 Å². The summed E-state index contributed by atoms with van der Waals surface area (Å²) in [4.78, 5) is 0. The van der Waals surface area contributed by atoms with Gasteiger partial charge < -0.3 is 5.11 Å². The van der Waals surface area contributed by atoms with Crippen molar-refractivity contribution >= 4 is 0 Å². The maximum atomic E-state index is 8.97. The lowest BCUT2D eigenvalue weighted by Gasteiger charge is -1.99. The molecule has 12 heavy (non-hydrogen) atoms. The largest absolute Gasteiger partial charge is 0.505 e. The van der Waals surface area contributed by atoms with Gasteiger partial charge in [0.05, 0.1) is 12.4 Å². The summed E-state index contributed by atoms with van der Waals surface area (Å²) in [5.41, 5.74) is 0. The minimum atomic E-state index is 0.255. The molecule has 0 aliphatic rings. The van der Waals surface area contributed by atoms with Gasteiger partial charge in [0.1, 0.15) is 0 Å². The Morgan fingerprint density at radius 3 is 2.83 bits per heavy atom. The van der Waals surface area contributed by atoms with Crippen LogP contribution in [0, 0.1) is 0 Å². The minimum absolute atomic E-state index is 0.255. The molecule has 0 saturated carbocycles. The summed E-state index contributed by atoms with van der Waals surface area (Å²) < 4.78 is 1.78. The van der Waals surface area contributed by atoms with E-state index in [2.05, 4.69) is 12.0 Å². The lowest BCUT2D eigenvalue weighted by molar-refractivity contribution is 0.472. The van der Waals surface area contributed by atoms with Gasteiger partial charge in [-0.15, -0.1) is 0 Å². The van der Waals surface area contributed by atoms with E-state index in [4.69, 9.17) is 5.11 Å². The third kappa shape index (κ3) is 2.95. The number of aryl methyl sites for hydroxylation is 1. The number of nitrogens with zero attached hydrogens (tertiary/aromatic N) is 2. The normalized spacial score (nSPS) is 10.4. The Hall–Kier alpha value is -0.990. The van der Waals surface area contributed by atoms with Gasteiger partial charge in [-0.3, -0.25) is 4.68 Å². The van der Waals surface area contributed by atoms with Crippen molar-refractivity contribution in [3.63, 3.8) is 0 Å². The Bertz CT molecular complexity index is 220. The van der Waals surface area contributed by atoms with Crippen LogP contribution in [-0.4, -0.2) is 14.9 Å². The highest BCUT2D eigenvalue weighted by Crippen LogP contribution is 2.06. The summed E-state index contributed by atoms with van der Waals surface area (Å²) >= 11 is 0. The van der Waals surface area contributed by atoms with Crippen LogP contribution in [0.3, 0.4) is 0 Å². The molecule has 1 rings (SSSR count). The average molecular weight is 168 g/mol. The van der Waals surface area contributed by atoms with E-state index in [0.717, 1.165) is 13.0 Å². The molecule has 1 heterocycles. The molecule has 0 atom stereocenters. The summed E-state index contributed by atoms with van der Waals surface area (Å²) in [5.74, 6) is 0.255. The summed E-state index contributed by atoms with van der Waals surface area (Å²) in [6, 6.07) is 0. The van der Waals surface area contributed by atoms with E-state index in [1.165, 1.54) is 25.5 Å². The van der Waals surface area contributed by atoms with Crippen LogP contribution >= 0.6 is 0 Å². The van der Waals surface area contributed by atoms with Crippen molar-refractivity contribution in [2.24, 2.45) is 0 Å². The van der Waals surface area contributed by atoms with Crippen molar-refractivity contribution < 1.29 is 5.11 Å². The van der Waals surface area contributed by atoms with Crippen molar-refractivity contribution in [3.05, 3.63) is 12.4 Å². The zero-order chi connectivity index (χ0) is 8.81. The van der Waals surface area contributed by atoms with Gasteiger partial charge in [-0.25, -0.2) is 0 Å². The molecular weight excluding hydrogens is 152 g/mol. The molecule has 0 bridgehead atoms. The van der Waals surface area contributed by atoms with Gasteiger partial charge in [-0.2, -0.15) is 5.10 Å². The molecule has 1 aromatic rings. The Morgan fingerprint density at radius 2 is 2.25 bits per heavy atom. The smallest absolute Gasteiger partial charge is 0.153 e. The topological polar surface area (TPSA) is 38.0 Å². The third-order valence-electron chi connectivity index (χ3n) is 1.86. The van der Waals surface area contributed by atoms with E-state index in [-0.39, 0.29) is 5.75 Å². The van der Waals surface area contributed by atoms with Gasteiger partial charge >= 0.3 is 0 Å². The molecule has 3 heteroatoms. The molecule has 0 unspecified atom stereocenters. The van der Waals surface area contributed by atoms with E-state index in [1.54, 1.807) is 10.9 Å². The molecule has 0 saturated heterocycles. The van der Waals surface area contributed by atoms with Gasteiger partial charge in [0.15, 0.2) is 5.75 Å². The van der Waals surface area contributed by atoms with Crippen LogP contribution in [0.15, 0.2) is 12.4 Å². The molecule has 0 radical (unpaired) electrons. The predicted octanol–water partition coefficient (Wildman–Crippen LogP) is 2.17. The van der Waals surface area contributed by atoms with E-state index in [9.17, 15) is 0 Å². The molecule has 0 fully saturated rings. The zero-order valence-corrected chi connectivity index (χ0v) is 7.53. The van der Waals surface area contributed by atoms with Crippen LogP contribution < -0.4 is 0 Å². The van der Waals surface area contributed by atoms with Crippen LogP contribution in [0.4, 0.5) is 0 Å². The molecule has 0 aliphatic carbocycles. The third-order valence-corrected chi connectivity index (χ3v) is 1.86. The number of unbranched alkanes of at least 4 members (excludes halogenated alkanes) is 3. The van der Waals surface area contributed by atoms with Gasteiger partial charge in [0.2, 0.25) is 0 Å². The average Bonchev–Trinajstić information content (AvgIpc) is 2.45. The molecule has 0 amide bonds. The summed E-state index contributed by atoms with van der Waals surface area (Å²) in [6.07, 6.45) is 8.06. The van der Waals surface area contributed by atoms with E-state index < -0.39 is 0 Å². The van der Waals surface area contributed by atoms with Gasteiger partial charge in [-0.05, 0) is 6.42 Å². The first-order chi connectivity index (χ1) is 5.83. The molecular formula is C9H16N2O. The second kappa shape index (κ2) is 4.80. The van der Waals surface area contributed by atoms with Gasteiger partial charge in [-0.1, -0.05) is 26.2 Å². The highest BCUT2D eigenvalue weighted by molar-refractivity contribution is 5.08. The highest BCUT2D eigenvalue weighted by Gasteiger charge is 1.94. The lowest BCUT2D eigenvalue weighted by atomic mass is 10.2.